The first kappa shape index (κ1) is 25.6. The number of carbonyl (C=O) groups excluding carboxylic acids is 1. The zero-order valence-electron chi connectivity index (χ0n) is 19.1. The van der Waals surface area contributed by atoms with Crippen LogP contribution < -0.4 is 9.80 Å². The fourth-order valence-electron chi connectivity index (χ4n) is 3.86. The molecule has 33 heavy (non-hydrogen) atoms. The largest absolute Gasteiger partial charge is 0.465 e. The Morgan fingerprint density at radius 1 is 1.15 bits per heavy atom. The normalized spacial score (nSPS) is 19.0. The molecular formula is C21H28Cl3N7O2. The van der Waals surface area contributed by atoms with Crippen LogP contribution in [0.1, 0.15) is 51.1 Å². The van der Waals surface area contributed by atoms with Gasteiger partial charge in [-0.15, -0.1) is 0 Å². The number of halogens is 3. The van der Waals surface area contributed by atoms with Gasteiger partial charge in [-0.1, -0.05) is 41.7 Å². The highest BCUT2D eigenvalue weighted by atomic mass is 35.6. The van der Waals surface area contributed by atoms with Crippen molar-refractivity contribution in [3.63, 3.8) is 0 Å². The number of piperazine rings is 1. The summed E-state index contributed by atoms with van der Waals surface area (Å²) in [6.07, 6.45) is 3.39. The summed E-state index contributed by atoms with van der Waals surface area (Å²) in [6, 6.07) is 2.10. The van der Waals surface area contributed by atoms with E-state index >= 15 is 0 Å². The lowest BCUT2D eigenvalue weighted by molar-refractivity contribution is -0.143. The van der Waals surface area contributed by atoms with E-state index in [9.17, 15) is 4.79 Å². The van der Waals surface area contributed by atoms with Gasteiger partial charge in [0.1, 0.15) is 17.5 Å². The second kappa shape index (κ2) is 11.0. The summed E-state index contributed by atoms with van der Waals surface area (Å²) in [5.74, 6) is 2.35. The van der Waals surface area contributed by atoms with E-state index in [2.05, 4.69) is 43.6 Å². The SMILES string of the molecule is CCCC(=O)OCCc1nccc(N2[C@H](C)CN(c3nc(C)nc(C(Cl)(Cl)Cl)n3)C[C@@H]2C)n1. The summed E-state index contributed by atoms with van der Waals surface area (Å²) in [4.78, 5) is 37.9. The number of nitrogens with zero attached hydrogens (tertiary/aromatic N) is 7. The van der Waals surface area contributed by atoms with Crippen LogP contribution in [0.15, 0.2) is 12.3 Å². The first-order valence-electron chi connectivity index (χ1n) is 10.9. The smallest absolute Gasteiger partial charge is 0.305 e. The minimum Gasteiger partial charge on any atom is -0.465 e. The summed E-state index contributed by atoms with van der Waals surface area (Å²) in [5, 5.41) is 0. The number of hydrogen-bond donors (Lipinski definition) is 0. The highest BCUT2D eigenvalue weighted by molar-refractivity contribution is 6.66. The molecule has 12 heteroatoms. The molecule has 0 radical (unpaired) electrons. The van der Waals surface area contributed by atoms with Crippen LogP contribution in [-0.2, 0) is 19.7 Å². The quantitative estimate of drug-likeness (QED) is 0.402. The lowest BCUT2D eigenvalue weighted by Crippen LogP contribution is -2.57. The number of aromatic nitrogens is 5. The molecule has 0 bridgehead atoms. The molecule has 2 aromatic rings. The van der Waals surface area contributed by atoms with Crippen LogP contribution in [0.25, 0.3) is 0 Å². The van der Waals surface area contributed by atoms with Crippen molar-refractivity contribution >= 4 is 52.5 Å². The van der Waals surface area contributed by atoms with E-state index in [0.29, 0.717) is 43.5 Å². The number of anilines is 2. The number of carbonyl (C=O) groups is 1. The van der Waals surface area contributed by atoms with Crippen molar-refractivity contribution in [2.75, 3.05) is 29.5 Å². The molecule has 1 aliphatic heterocycles. The van der Waals surface area contributed by atoms with E-state index in [-0.39, 0.29) is 30.5 Å². The summed E-state index contributed by atoms with van der Waals surface area (Å²) in [6.45, 7) is 9.49. The molecule has 3 rings (SSSR count). The highest BCUT2D eigenvalue weighted by Crippen LogP contribution is 2.36. The fraction of sp³-hybridized carbons (Fsp3) is 0.619. The molecule has 2 aromatic heterocycles. The Kier molecular flexibility index (Phi) is 8.53. The maximum absolute atomic E-state index is 11.6. The zero-order chi connectivity index (χ0) is 24.2. The number of alkyl halides is 3. The Bertz CT molecular complexity index is 961. The van der Waals surface area contributed by atoms with Crippen molar-refractivity contribution in [1.82, 2.24) is 24.9 Å². The van der Waals surface area contributed by atoms with Crippen LogP contribution in [0, 0.1) is 6.92 Å². The molecule has 0 N–H and O–H groups in total. The fourth-order valence-corrected chi connectivity index (χ4v) is 4.11. The van der Waals surface area contributed by atoms with Gasteiger partial charge in [0, 0.05) is 44.2 Å². The van der Waals surface area contributed by atoms with Crippen molar-refractivity contribution in [1.29, 1.82) is 0 Å². The van der Waals surface area contributed by atoms with Crippen LogP contribution in [0.5, 0.6) is 0 Å². The third-order valence-corrected chi connectivity index (χ3v) is 5.70. The summed E-state index contributed by atoms with van der Waals surface area (Å²) in [5.41, 5.74) is 0. The number of esters is 1. The molecular weight excluding hydrogens is 489 g/mol. The van der Waals surface area contributed by atoms with Crippen LogP contribution >= 0.6 is 34.8 Å². The average Bonchev–Trinajstić information content (AvgIpc) is 2.73. The Balaban J connectivity index is 1.71. The minimum absolute atomic E-state index is 0.104. The Hall–Kier alpha value is -1.97. The molecule has 1 aliphatic rings. The standard InChI is InChI=1S/C21H28Cl3N7O2/c1-5-6-18(32)33-10-8-16-25-9-7-17(28-16)31-13(2)11-30(12-14(31)3)20-27-15(4)26-19(29-20)21(22,23)24/h7,9,13-14H,5-6,8,10-12H2,1-4H3/t13-,14+. The van der Waals surface area contributed by atoms with E-state index in [1.807, 2.05) is 13.0 Å². The second-order valence-electron chi connectivity index (χ2n) is 8.07. The van der Waals surface area contributed by atoms with Gasteiger partial charge < -0.3 is 14.5 Å². The third kappa shape index (κ3) is 6.77. The van der Waals surface area contributed by atoms with E-state index < -0.39 is 3.79 Å². The lowest BCUT2D eigenvalue weighted by Gasteiger charge is -2.45. The summed E-state index contributed by atoms with van der Waals surface area (Å²) >= 11 is 18.0. The molecule has 3 heterocycles. The van der Waals surface area contributed by atoms with Gasteiger partial charge in [0.2, 0.25) is 9.74 Å². The van der Waals surface area contributed by atoms with E-state index in [1.54, 1.807) is 13.1 Å². The summed E-state index contributed by atoms with van der Waals surface area (Å²) < 4.78 is 3.52. The Morgan fingerprint density at radius 2 is 1.85 bits per heavy atom. The molecule has 1 saturated heterocycles. The van der Waals surface area contributed by atoms with Crippen LogP contribution in [-0.4, -0.2) is 62.7 Å². The minimum atomic E-state index is -1.72. The molecule has 0 aromatic carbocycles. The predicted octanol–water partition coefficient (Wildman–Crippen LogP) is 3.79. The number of aryl methyl sites for hydroxylation is 1. The predicted molar refractivity (Wildman–Crippen MR) is 129 cm³/mol. The number of ether oxygens (including phenoxy) is 1. The molecule has 0 aliphatic carbocycles. The van der Waals surface area contributed by atoms with Crippen molar-refractivity contribution < 1.29 is 9.53 Å². The third-order valence-electron chi connectivity index (χ3n) is 5.19. The van der Waals surface area contributed by atoms with Crippen molar-refractivity contribution in [3.8, 4) is 0 Å². The van der Waals surface area contributed by atoms with E-state index in [0.717, 1.165) is 12.2 Å². The molecule has 0 unspecified atom stereocenters. The van der Waals surface area contributed by atoms with Crippen LogP contribution in [0.4, 0.5) is 11.8 Å². The summed E-state index contributed by atoms with van der Waals surface area (Å²) in [7, 11) is 0. The molecule has 2 atom stereocenters. The number of hydrogen-bond acceptors (Lipinski definition) is 9. The molecule has 1 fully saturated rings. The molecule has 9 nitrogen and oxygen atoms in total. The van der Waals surface area contributed by atoms with Crippen molar-refractivity contribution in [2.24, 2.45) is 0 Å². The Morgan fingerprint density at radius 3 is 2.48 bits per heavy atom. The van der Waals surface area contributed by atoms with Crippen molar-refractivity contribution in [3.05, 3.63) is 29.7 Å². The maximum atomic E-state index is 11.6. The first-order valence-corrected chi connectivity index (χ1v) is 12.0. The van der Waals surface area contributed by atoms with Crippen LogP contribution in [0.3, 0.4) is 0 Å². The lowest BCUT2D eigenvalue weighted by atomic mass is 10.1. The van der Waals surface area contributed by atoms with Gasteiger partial charge in [-0.2, -0.15) is 9.97 Å². The first-order chi connectivity index (χ1) is 15.6. The maximum Gasteiger partial charge on any atom is 0.305 e. The molecule has 0 amide bonds. The molecule has 180 valence electrons. The topological polar surface area (TPSA) is 97.2 Å². The molecule has 0 spiro atoms. The van der Waals surface area contributed by atoms with Gasteiger partial charge >= 0.3 is 5.97 Å². The van der Waals surface area contributed by atoms with E-state index in [1.165, 1.54) is 0 Å². The van der Waals surface area contributed by atoms with Crippen molar-refractivity contribution in [2.45, 2.75) is 62.8 Å². The Labute approximate surface area is 208 Å². The average molecular weight is 517 g/mol. The zero-order valence-corrected chi connectivity index (χ0v) is 21.4. The van der Waals surface area contributed by atoms with Gasteiger partial charge in [-0.3, -0.25) is 4.79 Å². The van der Waals surface area contributed by atoms with Gasteiger partial charge in [-0.05, 0) is 33.3 Å². The number of rotatable bonds is 7. The van der Waals surface area contributed by atoms with Crippen LogP contribution in [0.2, 0.25) is 0 Å². The van der Waals surface area contributed by atoms with Gasteiger partial charge in [0.25, 0.3) is 0 Å². The molecule has 0 saturated carbocycles. The van der Waals surface area contributed by atoms with E-state index in [4.69, 9.17) is 44.5 Å². The van der Waals surface area contributed by atoms with Gasteiger partial charge in [-0.25, -0.2) is 15.0 Å². The van der Waals surface area contributed by atoms with Gasteiger partial charge in [0.05, 0.1) is 6.61 Å². The van der Waals surface area contributed by atoms with Gasteiger partial charge in [0.15, 0.2) is 5.82 Å². The highest BCUT2D eigenvalue weighted by Gasteiger charge is 2.34. The second-order valence-corrected chi connectivity index (χ2v) is 10.3. The monoisotopic (exact) mass is 515 g/mol.